The molecular formula is C15H21NO2S. The number of nitrogens with one attached hydrogen (secondary N) is 1. The van der Waals surface area contributed by atoms with Crippen molar-refractivity contribution in [2.45, 2.75) is 37.1 Å². The number of hydrogen-bond acceptors (Lipinski definition) is 3. The van der Waals surface area contributed by atoms with E-state index in [4.69, 9.17) is 0 Å². The second-order valence-electron chi connectivity index (χ2n) is 5.36. The van der Waals surface area contributed by atoms with Gasteiger partial charge in [-0.3, -0.25) is 4.79 Å². The summed E-state index contributed by atoms with van der Waals surface area (Å²) in [5, 5.41) is 12.6. The molecule has 104 valence electrons. The first-order valence-electron chi connectivity index (χ1n) is 6.62. The Morgan fingerprint density at radius 2 is 2.16 bits per heavy atom. The normalized spacial score (nSPS) is 18.1. The highest BCUT2D eigenvalue weighted by Crippen LogP contribution is 2.42. The second-order valence-corrected chi connectivity index (χ2v) is 6.38. The van der Waals surface area contributed by atoms with Crippen molar-refractivity contribution < 1.29 is 9.90 Å². The summed E-state index contributed by atoms with van der Waals surface area (Å²) >= 11 is 1.65. The van der Waals surface area contributed by atoms with E-state index in [0.717, 1.165) is 12.8 Å². The van der Waals surface area contributed by atoms with Crippen LogP contribution in [0.4, 0.5) is 0 Å². The van der Waals surface area contributed by atoms with Crippen molar-refractivity contribution in [1.82, 2.24) is 5.32 Å². The van der Waals surface area contributed by atoms with Gasteiger partial charge >= 0.3 is 5.97 Å². The van der Waals surface area contributed by atoms with Crippen LogP contribution in [0.1, 0.15) is 24.0 Å². The van der Waals surface area contributed by atoms with Crippen LogP contribution in [0.25, 0.3) is 0 Å². The van der Waals surface area contributed by atoms with Gasteiger partial charge in [-0.2, -0.15) is 0 Å². The molecule has 0 aliphatic heterocycles. The van der Waals surface area contributed by atoms with E-state index in [2.05, 4.69) is 37.4 Å². The zero-order valence-corrected chi connectivity index (χ0v) is 12.5. The lowest BCUT2D eigenvalue weighted by Gasteiger charge is -2.29. The monoisotopic (exact) mass is 279 g/mol. The molecule has 1 saturated carbocycles. The summed E-state index contributed by atoms with van der Waals surface area (Å²) in [6.45, 7) is 4.13. The highest BCUT2D eigenvalue weighted by atomic mass is 32.2. The number of carbonyl (C=O) groups is 1. The zero-order valence-electron chi connectivity index (χ0n) is 11.7. The van der Waals surface area contributed by atoms with Gasteiger partial charge in [0, 0.05) is 10.6 Å². The highest BCUT2D eigenvalue weighted by Gasteiger charge is 2.50. The number of rotatable bonds is 6. The van der Waals surface area contributed by atoms with Crippen LogP contribution in [-0.2, 0) is 4.79 Å². The Kier molecular flexibility index (Phi) is 4.21. The summed E-state index contributed by atoms with van der Waals surface area (Å²) in [4.78, 5) is 12.8. The van der Waals surface area contributed by atoms with Gasteiger partial charge < -0.3 is 10.4 Å². The Bertz CT molecular complexity index is 485. The minimum Gasteiger partial charge on any atom is -0.480 e. The van der Waals surface area contributed by atoms with Gasteiger partial charge in [0.2, 0.25) is 0 Å². The number of aryl methyl sites for hydroxylation is 2. The molecule has 19 heavy (non-hydrogen) atoms. The predicted molar refractivity (Wildman–Crippen MR) is 78.8 cm³/mol. The minimum atomic E-state index is -0.777. The fourth-order valence-corrected chi connectivity index (χ4v) is 3.82. The van der Waals surface area contributed by atoms with Crippen molar-refractivity contribution in [3.8, 4) is 0 Å². The van der Waals surface area contributed by atoms with Gasteiger partial charge in [-0.15, -0.1) is 11.8 Å². The van der Waals surface area contributed by atoms with Gasteiger partial charge in [-0.25, -0.2) is 0 Å². The lowest BCUT2D eigenvalue weighted by molar-refractivity contribution is -0.144. The number of carboxylic acid groups (broad SMARTS) is 1. The Balaban J connectivity index is 2.15. The van der Waals surface area contributed by atoms with E-state index >= 15 is 0 Å². The molecule has 1 fully saturated rings. The third kappa shape index (κ3) is 2.95. The highest BCUT2D eigenvalue weighted by molar-refractivity contribution is 7.99. The standard InChI is InChI=1S/C15H21NO2S/c1-10-4-5-11(2)13(8-10)19-9-15(16-3,14(17)18)12-6-7-12/h4-5,8,12,16H,6-7,9H2,1-3H3,(H,17,18). The summed E-state index contributed by atoms with van der Waals surface area (Å²) in [6.07, 6.45) is 2.03. The van der Waals surface area contributed by atoms with Crippen LogP contribution in [0.2, 0.25) is 0 Å². The molecule has 1 aromatic carbocycles. The molecule has 1 aliphatic rings. The average Bonchev–Trinajstić information content (AvgIpc) is 3.19. The second kappa shape index (κ2) is 5.55. The first-order valence-corrected chi connectivity index (χ1v) is 7.60. The molecule has 0 heterocycles. The van der Waals surface area contributed by atoms with Crippen LogP contribution in [0.3, 0.4) is 0 Å². The number of benzene rings is 1. The molecule has 1 aromatic rings. The molecule has 4 heteroatoms. The van der Waals surface area contributed by atoms with Crippen molar-refractivity contribution in [3.05, 3.63) is 29.3 Å². The summed E-state index contributed by atoms with van der Waals surface area (Å²) in [7, 11) is 1.76. The summed E-state index contributed by atoms with van der Waals surface area (Å²) in [5.41, 5.74) is 1.65. The van der Waals surface area contributed by atoms with Crippen LogP contribution in [0.5, 0.6) is 0 Å². The predicted octanol–water partition coefficient (Wildman–Crippen LogP) is 2.85. The smallest absolute Gasteiger partial charge is 0.325 e. The molecule has 2 N–H and O–H groups in total. The van der Waals surface area contributed by atoms with E-state index in [1.807, 2.05) is 0 Å². The van der Waals surface area contributed by atoms with Gasteiger partial charge in [-0.05, 0) is 51.3 Å². The molecule has 0 spiro atoms. The van der Waals surface area contributed by atoms with Crippen LogP contribution in [0, 0.1) is 19.8 Å². The number of aliphatic carboxylic acids is 1. The lowest BCUT2D eigenvalue weighted by atomic mass is 9.96. The van der Waals surface area contributed by atoms with Crippen LogP contribution in [0.15, 0.2) is 23.1 Å². The molecular weight excluding hydrogens is 258 g/mol. The van der Waals surface area contributed by atoms with Crippen LogP contribution < -0.4 is 5.32 Å². The molecule has 1 atom stereocenters. The van der Waals surface area contributed by atoms with E-state index in [1.54, 1.807) is 18.8 Å². The van der Waals surface area contributed by atoms with Crippen molar-refractivity contribution >= 4 is 17.7 Å². The van der Waals surface area contributed by atoms with E-state index in [9.17, 15) is 9.90 Å². The topological polar surface area (TPSA) is 49.3 Å². The SMILES string of the molecule is CNC(CSc1cc(C)ccc1C)(C(=O)O)C1CC1. The number of likely N-dealkylation sites (N-methyl/N-ethyl adjacent to an activating group) is 1. The third-order valence-electron chi connectivity index (χ3n) is 3.90. The van der Waals surface area contributed by atoms with Crippen molar-refractivity contribution in [3.63, 3.8) is 0 Å². The molecule has 0 radical (unpaired) electrons. The summed E-state index contributed by atoms with van der Waals surface area (Å²) in [6, 6.07) is 6.31. The van der Waals surface area contributed by atoms with Crippen molar-refractivity contribution in [2.75, 3.05) is 12.8 Å². The molecule has 0 bridgehead atoms. The van der Waals surface area contributed by atoms with E-state index < -0.39 is 11.5 Å². The Hall–Kier alpha value is -1.00. The van der Waals surface area contributed by atoms with Crippen molar-refractivity contribution in [2.24, 2.45) is 5.92 Å². The van der Waals surface area contributed by atoms with Crippen LogP contribution in [-0.4, -0.2) is 29.4 Å². The van der Waals surface area contributed by atoms with Gasteiger partial charge in [0.15, 0.2) is 0 Å². The van der Waals surface area contributed by atoms with E-state index in [-0.39, 0.29) is 5.92 Å². The van der Waals surface area contributed by atoms with Gasteiger partial charge in [0.25, 0.3) is 0 Å². The third-order valence-corrected chi connectivity index (χ3v) is 5.25. The first-order chi connectivity index (χ1) is 8.99. The first kappa shape index (κ1) is 14.4. The maximum absolute atomic E-state index is 11.6. The van der Waals surface area contributed by atoms with Crippen LogP contribution >= 0.6 is 11.8 Å². The quantitative estimate of drug-likeness (QED) is 0.786. The maximum Gasteiger partial charge on any atom is 0.325 e. The zero-order chi connectivity index (χ0) is 14.0. The molecule has 0 saturated heterocycles. The Labute approximate surface area is 118 Å². The summed E-state index contributed by atoms with van der Waals surface area (Å²) in [5.74, 6) is 0.122. The van der Waals surface area contributed by atoms with E-state index in [0.29, 0.717) is 5.75 Å². The molecule has 2 rings (SSSR count). The van der Waals surface area contributed by atoms with Crippen molar-refractivity contribution in [1.29, 1.82) is 0 Å². The maximum atomic E-state index is 11.6. The van der Waals surface area contributed by atoms with Gasteiger partial charge in [-0.1, -0.05) is 17.7 Å². The summed E-state index contributed by atoms with van der Waals surface area (Å²) < 4.78 is 0. The molecule has 0 amide bonds. The fourth-order valence-electron chi connectivity index (χ4n) is 2.37. The molecule has 1 aliphatic carbocycles. The number of carboxylic acids is 1. The molecule has 1 unspecified atom stereocenters. The molecule has 0 aromatic heterocycles. The lowest BCUT2D eigenvalue weighted by Crippen LogP contribution is -2.54. The van der Waals surface area contributed by atoms with E-state index in [1.165, 1.54) is 16.0 Å². The fraction of sp³-hybridized carbons (Fsp3) is 0.533. The average molecular weight is 279 g/mol. The minimum absolute atomic E-state index is 0.271. The van der Waals surface area contributed by atoms with Gasteiger partial charge in [0.1, 0.15) is 5.54 Å². The number of hydrogen-bond donors (Lipinski definition) is 2. The molecule has 3 nitrogen and oxygen atoms in total. The Morgan fingerprint density at radius 1 is 1.47 bits per heavy atom. The number of thioether (sulfide) groups is 1. The van der Waals surface area contributed by atoms with Gasteiger partial charge in [0.05, 0.1) is 0 Å². The largest absolute Gasteiger partial charge is 0.480 e. The Morgan fingerprint density at radius 3 is 2.68 bits per heavy atom.